The Morgan fingerprint density at radius 2 is 2.15 bits per heavy atom. The van der Waals surface area contributed by atoms with E-state index in [4.69, 9.17) is 11.6 Å². The van der Waals surface area contributed by atoms with Crippen molar-refractivity contribution in [1.29, 1.82) is 0 Å². The van der Waals surface area contributed by atoms with Crippen LogP contribution >= 0.6 is 22.9 Å². The maximum absolute atomic E-state index is 12.1. The highest BCUT2D eigenvalue weighted by Gasteiger charge is 2.10. The third-order valence-corrected chi connectivity index (χ3v) is 3.88. The number of aromatic nitrogens is 1. The lowest BCUT2D eigenvalue weighted by atomic mass is 10.2. The third kappa shape index (κ3) is 3.71. The Kier molecular flexibility index (Phi) is 4.98. The van der Waals surface area contributed by atoms with Gasteiger partial charge in [-0.2, -0.15) is 0 Å². The number of hydrogen-bond acceptors (Lipinski definition) is 4. The van der Waals surface area contributed by atoms with Gasteiger partial charge in [0.25, 0.3) is 0 Å². The molecule has 6 heteroatoms. The lowest BCUT2D eigenvalue weighted by molar-refractivity contribution is -0.115. The van der Waals surface area contributed by atoms with Crippen LogP contribution < -0.4 is 10.2 Å². The number of carbonyl (C=O) groups is 1. The normalized spacial score (nSPS) is 10.3. The maximum Gasteiger partial charge on any atom is 0.231 e. The van der Waals surface area contributed by atoms with Gasteiger partial charge in [0.2, 0.25) is 5.91 Å². The van der Waals surface area contributed by atoms with E-state index in [2.05, 4.69) is 10.3 Å². The zero-order valence-electron chi connectivity index (χ0n) is 11.4. The van der Waals surface area contributed by atoms with Crippen LogP contribution in [0.1, 0.15) is 10.7 Å². The first-order chi connectivity index (χ1) is 9.60. The number of alkyl halides is 1. The molecule has 0 fully saturated rings. The molecule has 1 aromatic carbocycles. The van der Waals surface area contributed by atoms with E-state index in [9.17, 15) is 4.79 Å². The maximum atomic E-state index is 12.1. The van der Waals surface area contributed by atoms with Crippen molar-refractivity contribution in [2.24, 2.45) is 0 Å². The Hall–Kier alpha value is -1.59. The van der Waals surface area contributed by atoms with Crippen molar-refractivity contribution in [2.45, 2.75) is 12.3 Å². The second kappa shape index (κ2) is 6.72. The quantitative estimate of drug-likeness (QED) is 0.863. The fraction of sp³-hybridized carbons (Fsp3) is 0.286. The predicted octanol–water partition coefficient (Wildman–Crippen LogP) is 3.13. The van der Waals surface area contributed by atoms with Gasteiger partial charge in [-0.3, -0.25) is 4.79 Å². The van der Waals surface area contributed by atoms with E-state index in [-0.39, 0.29) is 12.3 Å². The van der Waals surface area contributed by atoms with Crippen molar-refractivity contribution in [2.75, 3.05) is 24.3 Å². The van der Waals surface area contributed by atoms with Gasteiger partial charge in [-0.15, -0.1) is 22.9 Å². The summed E-state index contributed by atoms with van der Waals surface area (Å²) in [5.41, 5.74) is 2.59. The number of nitrogens with zero attached hydrogens (tertiary/aromatic N) is 2. The first kappa shape index (κ1) is 14.8. The fourth-order valence-electron chi connectivity index (χ4n) is 1.79. The van der Waals surface area contributed by atoms with Crippen LogP contribution in [0.25, 0.3) is 0 Å². The molecule has 2 aromatic rings. The smallest absolute Gasteiger partial charge is 0.231 e. The predicted molar refractivity (Wildman–Crippen MR) is 84.8 cm³/mol. The van der Waals surface area contributed by atoms with E-state index in [1.54, 1.807) is 0 Å². The Labute approximate surface area is 127 Å². The largest absolute Gasteiger partial charge is 0.376 e. The zero-order chi connectivity index (χ0) is 14.5. The average Bonchev–Trinajstić information content (AvgIpc) is 2.86. The van der Waals surface area contributed by atoms with Crippen LogP contribution in [0, 0.1) is 0 Å². The second-order valence-electron chi connectivity index (χ2n) is 4.50. The van der Waals surface area contributed by atoms with Crippen LogP contribution in [0.2, 0.25) is 0 Å². The summed E-state index contributed by atoms with van der Waals surface area (Å²) in [4.78, 5) is 18.3. The lowest BCUT2D eigenvalue weighted by Gasteiger charge is -2.17. The van der Waals surface area contributed by atoms with E-state index >= 15 is 0 Å². The van der Waals surface area contributed by atoms with E-state index in [0.717, 1.165) is 22.1 Å². The zero-order valence-corrected chi connectivity index (χ0v) is 13.0. The molecule has 106 valence electrons. The summed E-state index contributed by atoms with van der Waals surface area (Å²) in [5, 5.41) is 5.58. The number of carbonyl (C=O) groups excluding carboxylic acids is 1. The molecule has 1 aromatic heterocycles. The molecule has 0 aliphatic heterocycles. The first-order valence-electron chi connectivity index (χ1n) is 6.15. The second-order valence-corrected chi connectivity index (χ2v) is 5.71. The number of thiazole rings is 1. The van der Waals surface area contributed by atoms with Crippen molar-refractivity contribution in [3.8, 4) is 0 Å². The molecule has 2 rings (SSSR count). The highest BCUT2D eigenvalue weighted by Crippen LogP contribution is 2.23. The summed E-state index contributed by atoms with van der Waals surface area (Å²) in [5.74, 6) is 0.302. The van der Waals surface area contributed by atoms with Crippen LogP contribution in [0.3, 0.4) is 0 Å². The van der Waals surface area contributed by atoms with Crippen LogP contribution in [-0.4, -0.2) is 25.0 Å². The minimum absolute atomic E-state index is 0.0743. The van der Waals surface area contributed by atoms with Gasteiger partial charge < -0.3 is 10.2 Å². The number of para-hydroxylation sites is 2. The molecule has 0 spiro atoms. The summed E-state index contributed by atoms with van der Waals surface area (Å²) in [7, 11) is 3.89. The molecule has 1 heterocycles. The van der Waals surface area contributed by atoms with Gasteiger partial charge in [0.1, 0.15) is 5.01 Å². The monoisotopic (exact) mass is 309 g/mol. The molecule has 0 unspecified atom stereocenters. The summed E-state index contributed by atoms with van der Waals surface area (Å²) in [6, 6.07) is 7.69. The van der Waals surface area contributed by atoms with Gasteiger partial charge in [-0.25, -0.2) is 4.98 Å². The summed E-state index contributed by atoms with van der Waals surface area (Å²) in [6.45, 7) is 0. The van der Waals surface area contributed by atoms with E-state index in [1.807, 2.05) is 48.6 Å². The van der Waals surface area contributed by atoms with Crippen molar-refractivity contribution in [1.82, 2.24) is 4.98 Å². The fourth-order valence-corrected chi connectivity index (χ4v) is 2.81. The Morgan fingerprint density at radius 1 is 1.40 bits per heavy atom. The van der Waals surface area contributed by atoms with Gasteiger partial charge in [0, 0.05) is 19.5 Å². The summed E-state index contributed by atoms with van der Waals surface area (Å²) in [6.07, 6.45) is 0.267. The number of nitrogens with one attached hydrogen (secondary N) is 1. The number of amides is 1. The Morgan fingerprint density at radius 3 is 2.80 bits per heavy atom. The molecule has 0 saturated carbocycles. The van der Waals surface area contributed by atoms with E-state index < -0.39 is 0 Å². The van der Waals surface area contributed by atoms with Gasteiger partial charge in [0.15, 0.2) is 0 Å². The molecule has 1 amide bonds. The number of halogens is 1. The highest BCUT2D eigenvalue weighted by molar-refractivity contribution is 7.09. The highest BCUT2D eigenvalue weighted by atomic mass is 35.5. The first-order valence-corrected chi connectivity index (χ1v) is 7.57. The molecule has 0 bridgehead atoms. The van der Waals surface area contributed by atoms with Gasteiger partial charge >= 0.3 is 0 Å². The molecular weight excluding hydrogens is 294 g/mol. The molecule has 4 nitrogen and oxygen atoms in total. The molecule has 0 aliphatic carbocycles. The van der Waals surface area contributed by atoms with Crippen LogP contribution in [0.5, 0.6) is 0 Å². The molecule has 0 saturated heterocycles. The molecule has 20 heavy (non-hydrogen) atoms. The number of anilines is 2. The lowest BCUT2D eigenvalue weighted by Crippen LogP contribution is -2.18. The average molecular weight is 310 g/mol. The van der Waals surface area contributed by atoms with Crippen molar-refractivity contribution in [3.63, 3.8) is 0 Å². The summed E-state index contributed by atoms with van der Waals surface area (Å²) < 4.78 is 0. The van der Waals surface area contributed by atoms with Crippen LogP contribution in [0.15, 0.2) is 29.6 Å². The van der Waals surface area contributed by atoms with E-state index in [1.165, 1.54) is 11.3 Å². The minimum Gasteiger partial charge on any atom is -0.376 e. The molecule has 0 radical (unpaired) electrons. The van der Waals surface area contributed by atoms with Crippen LogP contribution in [0.4, 0.5) is 11.4 Å². The molecular formula is C14H16ClN3OS. The topological polar surface area (TPSA) is 45.2 Å². The van der Waals surface area contributed by atoms with Crippen molar-refractivity contribution >= 4 is 40.2 Å². The molecule has 1 N–H and O–H groups in total. The molecule has 0 atom stereocenters. The number of benzene rings is 1. The van der Waals surface area contributed by atoms with Crippen LogP contribution in [-0.2, 0) is 17.1 Å². The number of hydrogen-bond donors (Lipinski definition) is 1. The van der Waals surface area contributed by atoms with E-state index in [0.29, 0.717) is 5.88 Å². The minimum atomic E-state index is -0.0743. The van der Waals surface area contributed by atoms with Gasteiger partial charge in [-0.1, -0.05) is 12.1 Å². The van der Waals surface area contributed by atoms with Crippen molar-refractivity contribution < 1.29 is 4.79 Å². The number of rotatable bonds is 5. The van der Waals surface area contributed by atoms with Gasteiger partial charge in [-0.05, 0) is 12.1 Å². The Bertz CT molecular complexity index is 598. The molecule has 0 aliphatic rings. The van der Waals surface area contributed by atoms with Gasteiger partial charge in [0.05, 0.1) is 29.4 Å². The third-order valence-electron chi connectivity index (χ3n) is 2.71. The Balaban J connectivity index is 2.04. The SMILES string of the molecule is CN(C)c1ccccc1NC(=O)Cc1nc(CCl)cs1. The standard InChI is InChI=1S/C14H16ClN3OS/c1-18(2)12-6-4-3-5-11(12)17-13(19)7-14-16-10(8-15)9-20-14/h3-6,9H,7-8H2,1-2H3,(H,17,19). The summed E-state index contributed by atoms with van der Waals surface area (Å²) >= 11 is 7.16. The van der Waals surface area contributed by atoms with Crippen molar-refractivity contribution in [3.05, 3.63) is 40.3 Å².